The van der Waals surface area contributed by atoms with Crippen molar-refractivity contribution in [2.24, 2.45) is 23.7 Å². The van der Waals surface area contributed by atoms with E-state index in [0.717, 1.165) is 19.3 Å². The van der Waals surface area contributed by atoms with Gasteiger partial charge in [-0.25, -0.2) is 9.78 Å². The molecule has 1 aliphatic heterocycles. The molecule has 4 aromatic rings. The SMILES string of the molecule is Cc1c(Cl)c(Br)cc2c(C(=O)OC(C)C(=O)c3cccc(Cl)c3)cc(-c3ccc(N4C(=O)C5C6CCC(C6)C5C4=O)cc3)nc12. The summed E-state index contributed by atoms with van der Waals surface area (Å²) in [7, 11) is 0. The molecule has 0 N–H and O–H groups in total. The van der Waals surface area contributed by atoms with Crippen molar-refractivity contribution >= 4 is 79.3 Å². The summed E-state index contributed by atoms with van der Waals surface area (Å²) >= 11 is 16.1. The molecule has 5 atom stereocenters. The molecule has 5 unspecified atom stereocenters. The van der Waals surface area contributed by atoms with Crippen molar-refractivity contribution in [2.75, 3.05) is 4.90 Å². The zero-order chi connectivity index (χ0) is 31.7. The van der Waals surface area contributed by atoms with Crippen molar-refractivity contribution < 1.29 is 23.9 Å². The van der Waals surface area contributed by atoms with Crippen LogP contribution in [0.3, 0.4) is 0 Å². The van der Waals surface area contributed by atoms with Crippen LogP contribution in [0, 0.1) is 30.6 Å². The van der Waals surface area contributed by atoms with Crippen molar-refractivity contribution in [1.29, 1.82) is 0 Å². The van der Waals surface area contributed by atoms with Crippen molar-refractivity contribution in [3.8, 4) is 11.3 Å². The van der Waals surface area contributed by atoms with E-state index in [1.807, 2.05) is 6.92 Å². The van der Waals surface area contributed by atoms with Crippen LogP contribution < -0.4 is 4.90 Å². The van der Waals surface area contributed by atoms with Crippen LogP contribution in [-0.4, -0.2) is 34.7 Å². The summed E-state index contributed by atoms with van der Waals surface area (Å²) in [5.74, 6) is -1.08. The molecule has 1 aromatic heterocycles. The highest BCUT2D eigenvalue weighted by Crippen LogP contribution is 2.56. The highest BCUT2D eigenvalue weighted by Gasteiger charge is 2.61. The van der Waals surface area contributed by atoms with Gasteiger partial charge in [0.2, 0.25) is 17.6 Å². The molecule has 0 radical (unpaired) electrons. The maximum absolute atomic E-state index is 13.7. The fourth-order valence-corrected chi connectivity index (χ4v) is 8.24. The topological polar surface area (TPSA) is 93.6 Å². The number of pyridine rings is 1. The number of carbonyl (C=O) groups is 4. The van der Waals surface area contributed by atoms with Gasteiger partial charge in [0.1, 0.15) is 0 Å². The Morgan fingerprint density at radius 3 is 2.29 bits per heavy atom. The van der Waals surface area contributed by atoms with Crippen LogP contribution in [0.5, 0.6) is 0 Å². The van der Waals surface area contributed by atoms with E-state index < -0.39 is 12.1 Å². The fourth-order valence-electron chi connectivity index (χ4n) is 7.38. The van der Waals surface area contributed by atoms with Crippen molar-refractivity contribution in [3.05, 3.63) is 91.9 Å². The van der Waals surface area contributed by atoms with Gasteiger partial charge in [0.05, 0.1) is 39.3 Å². The largest absolute Gasteiger partial charge is 0.451 e. The minimum Gasteiger partial charge on any atom is -0.451 e. The number of imide groups is 1. The molecular formula is C35H27BrCl2N2O5. The molecule has 7 rings (SSSR count). The molecule has 2 saturated carbocycles. The molecule has 45 heavy (non-hydrogen) atoms. The number of anilines is 1. The molecule has 7 nitrogen and oxygen atoms in total. The number of benzene rings is 3. The molecule has 3 fully saturated rings. The smallest absolute Gasteiger partial charge is 0.339 e. The summed E-state index contributed by atoms with van der Waals surface area (Å²) in [4.78, 5) is 59.6. The predicted molar refractivity (Wildman–Crippen MR) is 176 cm³/mol. The van der Waals surface area contributed by atoms with Crippen LogP contribution in [0.2, 0.25) is 10.0 Å². The molecule has 228 valence electrons. The van der Waals surface area contributed by atoms with Gasteiger partial charge in [-0.2, -0.15) is 0 Å². The van der Waals surface area contributed by atoms with Crippen LogP contribution in [0.25, 0.3) is 22.2 Å². The average Bonchev–Trinajstić information content (AvgIpc) is 3.72. The molecule has 2 amide bonds. The van der Waals surface area contributed by atoms with Crippen LogP contribution in [0.1, 0.15) is 52.5 Å². The van der Waals surface area contributed by atoms with E-state index >= 15 is 0 Å². The zero-order valence-electron chi connectivity index (χ0n) is 24.4. The Hall–Kier alpha value is -3.59. The van der Waals surface area contributed by atoms with Gasteiger partial charge in [-0.15, -0.1) is 0 Å². The molecular weight excluding hydrogens is 679 g/mol. The van der Waals surface area contributed by atoms with E-state index in [1.165, 1.54) is 17.9 Å². The summed E-state index contributed by atoms with van der Waals surface area (Å²) in [6.45, 7) is 3.33. The fraction of sp³-hybridized carbons (Fsp3) is 0.286. The molecule has 0 spiro atoms. The maximum atomic E-state index is 13.7. The van der Waals surface area contributed by atoms with Gasteiger partial charge < -0.3 is 4.74 Å². The summed E-state index contributed by atoms with van der Waals surface area (Å²) in [5, 5.41) is 1.36. The average molecular weight is 706 g/mol. The van der Waals surface area contributed by atoms with Crippen LogP contribution in [0.15, 0.2) is 65.1 Å². The van der Waals surface area contributed by atoms with Gasteiger partial charge in [-0.05, 0) is 103 Å². The van der Waals surface area contributed by atoms with Gasteiger partial charge in [0, 0.05) is 26.0 Å². The summed E-state index contributed by atoms with van der Waals surface area (Å²) in [6.07, 6.45) is 1.93. The number of aromatic nitrogens is 1. The molecule has 1 saturated heterocycles. The lowest BCUT2D eigenvalue weighted by atomic mass is 9.81. The summed E-state index contributed by atoms with van der Waals surface area (Å²) in [5.41, 5.74) is 3.35. The number of Topliss-reactive ketones (excluding diaryl/α,β-unsaturated/α-hetero) is 1. The number of aryl methyl sites for hydroxylation is 1. The predicted octanol–water partition coefficient (Wildman–Crippen LogP) is 8.24. The number of rotatable bonds is 6. The van der Waals surface area contributed by atoms with Crippen molar-refractivity contribution in [3.63, 3.8) is 0 Å². The minimum atomic E-state index is -1.08. The number of esters is 1. The third kappa shape index (κ3) is 4.98. The van der Waals surface area contributed by atoms with Gasteiger partial charge in [-0.1, -0.05) is 47.5 Å². The number of carbonyl (C=O) groups excluding carboxylic acids is 4. The first kappa shape index (κ1) is 30.1. The Bertz CT molecular complexity index is 1920. The molecule has 2 bridgehead atoms. The number of nitrogens with zero attached hydrogens (tertiary/aromatic N) is 2. The second kappa shape index (κ2) is 11.3. The lowest BCUT2D eigenvalue weighted by Crippen LogP contribution is -2.32. The number of ketones is 1. The van der Waals surface area contributed by atoms with Crippen LogP contribution in [-0.2, 0) is 14.3 Å². The van der Waals surface area contributed by atoms with Gasteiger partial charge >= 0.3 is 5.97 Å². The van der Waals surface area contributed by atoms with E-state index in [0.29, 0.717) is 65.3 Å². The van der Waals surface area contributed by atoms with E-state index in [4.69, 9.17) is 32.9 Å². The highest BCUT2D eigenvalue weighted by atomic mass is 79.9. The molecule has 3 aliphatic rings. The second-order valence-electron chi connectivity index (χ2n) is 12.1. The summed E-state index contributed by atoms with van der Waals surface area (Å²) in [6, 6.07) is 16.8. The number of fused-ring (bicyclic) bond motifs is 6. The first-order valence-electron chi connectivity index (χ1n) is 14.8. The molecule has 2 aliphatic carbocycles. The monoisotopic (exact) mass is 704 g/mol. The van der Waals surface area contributed by atoms with E-state index in [1.54, 1.807) is 54.6 Å². The normalized spacial score (nSPS) is 22.6. The number of ether oxygens (including phenoxy) is 1. The molecule has 3 aromatic carbocycles. The van der Waals surface area contributed by atoms with Crippen molar-refractivity contribution in [1.82, 2.24) is 4.98 Å². The standard InChI is InChI=1S/C35H27BrCl2N2O5/c1-16-30(38)26(36)14-24-25(35(44)45-17(2)32(41)21-4-3-5-22(37)13-21)15-27(39-31(16)24)18-8-10-23(11-9-18)40-33(42)28-19-6-7-20(12-19)29(28)34(40)43/h3-5,8-11,13-15,17,19-20,28-29H,6-7,12H2,1-2H3. The minimum absolute atomic E-state index is 0.101. The van der Waals surface area contributed by atoms with E-state index in [-0.39, 0.29) is 35.0 Å². The number of amides is 2. The lowest BCUT2D eigenvalue weighted by Gasteiger charge is -2.19. The van der Waals surface area contributed by atoms with Crippen molar-refractivity contribution in [2.45, 2.75) is 39.2 Å². The maximum Gasteiger partial charge on any atom is 0.339 e. The molecule has 2 heterocycles. The Balaban J connectivity index is 1.22. The van der Waals surface area contributed by atoms with Crippen LogP contribution in [0.4, 0.5) is 5.69 Å². The Kier molecular flexibility index (Phi) is 7.58. The number of hydrogen-bond acceptors (Lipinski definition) is 6. The summed E-state index contributed by atoms with van der Waals surface area (Å²) < 4.78 is 6.27. The zero-order valence-corrected chi connectivity index (χ0v) is 27.4. The quantitative estimate of drug-likeness (QED) is 0.114. The van der Waals surface area contributed by atoms with E-state index in [2.05, 4.69) is 15.9 Å². The first-order chi connectivity index (χ1) is 21.5. The highest BCUT2D eigenvalue weighted by molar-refractivity contribution is 9.10. The van der Waals surface area contributed by atoms with Gasteiger partial charge in [0.15, 0.2) is 6.10 Å². The Labute approximate surface area is 278 Å². The lowest BCUT2D eigenvalue weighted by molar-refractivity contribution is -0.123. The Morgan fingerprint density at radius 1 is 0.978 bits per heavy atom. The molecule has 10 heteroatoms. The number of halogens is 3. The second-order valence-corrected chi connectivity index (χ2v) is 13.8. The van der Waals surface area contributed by atoms with Crippen LogP contribution >= 0.6 is 39.1 Å². The van der Waals surface area contributed by atoms with Gasteiger partial charge in [0.25, 0.3) is 0 Å². The van der Waals surface area contributed by atoms with E-state index in [9.17, 15) is 19.2 Å². The third-order valence-corrected chi connectivity index (χ3v) is 11.1. The third-order valence-electron chi connectivity index (χ3n) is 9.55. The Morgan fingerprint density at radius 2 is 1.64 bits per heavy atom. The number of hydrogen-bond donors (Lipinski definition) is 0. The van der Waals surface area contributed by atoms with Gasteiger partial charge in [-0.3, -0.25) is 19.3 Å². The first-order valence-corrected chi connectivity index (χ1v) is 16.4.